The molecule has 0 N–H and O–H groups in total. The molecule has 3 nitrogen and oxygen atoms in total. The third kappa shape index (κ3) is 4.30. The van der Waals surface area contributed by atoms with E-state index in [2.05, 4.69) is 173 Å². The Kier molecular flexibility index (Phi) is 6.57. The topological polar surface area (TPSA) is 38.7 Å². The molecule has 7 aromatic carbocycles. The molecule has 0 saturated carbocycles. The summed E-state index contributed by atoms with van der Waals surface area (Å²) >= 11 is 0. The van der Waals surface area contributed by atoms with Gasteiger partial charge >= 0.3 is 0 Å². The molecule has 1 aromatic heterocycles. The standard InChI is InChI=1S/C52H39N3/c1-50(2)39-20-10-8-18-35(39)37-28-26-34(31-46(37)50)49-54-47(32-16-6-5-7-17-32)53-48(55-49)33-27-29-41-38(30-33)36-19-9-11-21-40(36)52(41)44-24-14-12-22-42(44)51(3,4)43-23-13-15-25-45(43)52/h5-31H,1-4H3. The Hall–Kier alpha value is -6.45. The van der Waals surface area contributed by atoms with Gasteiger partial charge in [0.15, 0.2) is 17.5 Å². The van der Waals surface area contributed by atoms with Crippen molar-refractivity contribution >= 4 is 0 Å². The summed E-state index contributed by atoms with van der Waals surface area (Å²) < 4.78 is 0. The molecular formula is C52H39N3. The third-order valence-corrected chi connectivity index (χ3v) is 12.8. The highest BCUT2D eigenvalue weighted by atomic mass is 15.0. The van der Waals surface area contributed by atoms with E-state index in [0.717, 1.165) is 16.7 Å². The first-order chi connectivity index (χ1) is 26.8. The normalized spacial score (nSPS) is 15.7. The molecule has 3 heteroatoms. The lowest BCUT2D eigenvalue weighted by Gasteiger charge is -2.46. The first kappa shape index (κ1) is 32.0. The fraction of sp³-hybridized carbons (Fsp3) is 0.135. The molecular weight excluding hydrogens is 667 g/mol. The predicted octanol–water partition coefficient (Wildman–Crippen LogP) is 12.2. The number of benzene rings is 7. The van der Waals surface area contributed by atoms with E-state index in [1.54, 1.807) is 0 Å². The lowest BCUT2D eigenvalue weighted by molar-refractivity contribution is 0.563. The molecule has 3 aliphatic carbocycles. The van der Waals surface area contributed by atoms with Gasteiger partial charge in [-0.1, -0.05) is 179 Å². The maximum atomic E-state index is 5.28. The van der Waals surface area contributed by atoms with Gasteiger partial charge in [-0.2, -0.15) is 0 Å². The summed E-state index contributed by atoms with van der Waals surface area (Å²) in [5.41, 5.74) is 18.0. The van der Waals surface area contributed by atoms with Crippen molar-refractivity contribution < 1.29 is 0 Å². The highest BCUT2D eigenvalue weighted by molar-refractivity contribution is 5.90. The SMILES string of the molecule is CC1(C)c2ccccc2-c2ccc(-c3nc(-c4ccccc4)nc(-c4ccc5c(c4)-c4ccccc4C54c5ccccc5C(C)(C)c5ccccc54)n3)cc21. The molecule has 3 aliphatic rings. The smallest absolute Gasteiger partial charge is 0.164 e. The molecule has 0 saturated heterocycles. The zero-order valence-electron chi connectivity index (χ0n) is 31.4. The van der Waals surface area contributed by atoms with Crippen molar-refractivity contribution in [3.8, 4) is 56.4 Å². The van der Waals surface area contributed by atoms with E-state index in [-0.39, 0.29) is 10.8 Å². The fourth-order valence-corrected chi connectivity index (χ4v) is 10.2. The molecule has 8 aromatic rings. The second-order valence-electron chi connectivity index (χ2n) is 16.4. The van der Waals surface area contributed by atoms with Crippen molar-refractivity contribution in [3.05, 3.63) is 208 Å². The van der Waals surface area contributed by atoms with Crippen LogP contribution in [0.4, 0.5) is 0 Å². The first-order valence-corrected chi connectivity index (χ1v) is 19.3. The van der Waals surface area contributed by atoms with Gasteiger partial charge in [0.1, 0.15) is 0 Å². The maximum Gasteiger partial charge on any atom is 0.164 e. The summed E-state index contributed by atoms with van der Waals surface area (Å²) in [6.07, 6.45) is 0. The van der Waals surface area contributed by atoms with Crippen LogP contribution in [-0.2, 0) is 16.2 Å². The highest BCUT2D eigenvalue weighted by Gasteiger charge is 2.53. The minimum atomic E-state index is -0.443. The minimum Gasteiger partial charge on any atom is -0.208 e. The van der Waals surface area contributed by atoms with Crippen molar-refractivity contribution in [1.82, 2.24) is 15.0 Å². The summed E-state index contributed by atoms with van der Waals surface area (Å²) in [4.78, 5) is 15.6. The average molecular weight is 706 g/mol. The van der Waals surface area contributed by atoms with Crippen molar-refractivity contribution in [3.63, 3.8) is 0 Å². The summed E-state index contributed by atoms with van der Waals surface area (Å²) in [6.45, 7) is 9.36. The van der Waals surface area contributed by atoms with Crippen LogP contribution in [0.1, 0.15) is 72.2 Å². The van der Waals surface area contributed by atoms with Gasteiger partial charge in [0.2, 0.25) is 0 Å². The fourth-order valence-electron chi connectivity index (χ4n) is 10.2. The zero-order valence-corrected chi connectivity index (χ0v) is 31.4. The second-order valence-corrected chi connectivity index (χ2v) is 16.4. The van der Waals surface area contributed by atoms with E-state index in [9.17, 15) is 0 Å². The molecule has 1 heterocycles. The number of aromatic nitrogens is 3. The van der Waals surface area contributed by atoms with Crippen molar-refractivity contribution in [1.29, 1.82) is 0 Å². The Morgan fingerprint density at radius 2 is 0.709 bits per heavy atom. The molecule has 0 radical (unpaired) electrons. The van der Waals surface area contributed by atoms with Crippen molar-refractivity contribution in [2.75, 3.05) is 0 Å². The summed E-state index contributed by atoms with van der Waals surface area (Å²) in [5.74, 6) is 2.00. The second kappa shape index (κ2) is 11.3. The van der Waals surface area contributed by atoms with Crippen molar-refractivity contribution in [2.45, 2.75) is 43.9 Å². The number of hydrogen-bond acceptors (Lipinski definition) is 3. The van der Waals surface area contributed by atoms with Crippen LogP contribution < -0.4 is 0 Å². The number of fused-ring (bicyclic) bond motifs is 12. The van der Waals surface area contributed by atoms with Crippen LogP contribution in [0, 0.1) is 0 Å². The van der Waals surface area contributed by atoms with Crippen LogP contribution in [-0.4, -0.2) is 15.0 Å². The Morgan fingerprint density at radius 3 is 1.35 bits per heavy atom. The van der Waals surface area contributed by atoms with Gasteiger partial charge in [-0.3, -0.25) is 0 Å². The van der Waals surface area contributed by atoms with E-state index in [0.29, 0.717) is 17.5 Å². The Morgan fingerprint density at radius 1 is 0.291 bits per heavy atom. The number of hydrogen-bond donors (Lipinski definition) is 0. The number of nitrogens with zero attached hydrogens (tertiary/aromatic N) is 3. The molecule has 0 atom stereocenters. The predicted molar refractivity (Wildman–Crippen MR) is 223 cm³/mol. The largest absolute Gasteiger partial charge is 0.208 e. The average Bonchev–Trinajstić information content (AvgIpc) is 3.65. The molecule has 262 valence electrons. The lowest BCUT2D eigenvalue weighted by Crippen LogP contribution is -2.40. The van der Waals surface area contributed by atoms with Gasteiger partial charge in [-0.15, -0.1) is 0 Å². The van der Waals surface area contributed by atoms with E-state index >= 15 is 0 Å². The van der Waals surface area contributed by atoms with E-state index in [1.165, 1.54) is 66.8 Å². The van der Waals surface area contributed by atoms with Gasteiger partial charge in [0.05, 0.1) is 5.41 Å². The molecule has 55 heavy (non-hydrogen) atoms. The van der Waals surface area contributed by atoms with Crippen LogP contribution >= 0.6 is 0 Å². The quantitative estimate of drug-likeness (QED) is 0.184. The van der Waals surface area contributed by atoms with Crippen LogP contribution in [0.25, 0.3) is 56.4 Å². The molecule has 0 aliphatic heterocycles. The van der Waals surface area contributed by atoms with E-state index in [4.69, 9.17) is 15.0 Å². The van der Waals surface area contributed by atoms with Crippen LogP contribution in [0.15, 0.2) is 164 Å². The van der Waals surface area contributed by atoms with E-state index < -0.39 is 5.41 Å². The van der Waals surface area contributed by atoms with Crippen LogP contribution in [0.5, 0.6) is 0 Å². The summed E-state index contributed by atoms with van der Waals surface area (Å²) in [5, 5.41) is 0. The number of rotatable bonds is 3. The van der Waals surface area contributed by atoms with Gasteiger partial charge in [-0.25, -0.2) is 15.0 Å². The molecule has 0 fully saturated rings. The van der Waals surface area contributed by atoms with Crippen LogP contribution in [0.2, 0.25) is 0 Å². The molecule has 1 spiro atoms. The maximum absolute atomic E-state index is 5.28. The Bertz CT molecular complexity index is 2830. The molecule has 0 amide bonds. The van der Waals surface area contributed by atoms with Crippen molar-refractivity contribution in [2.24, 2.45) is 0 Å². The van der Waals surface area contributed by atoms with Crippen LogP contribution in [0.3, 0.4) is 0 Å². The minimum absolute atomic E-state index is 0.130. The van der Waals surface area contributed by atoms with Gasteiger partial charge in [0, 0.05) is 27.5 Å². The zero-order chi connectivity index (χ0) is 37.1. The van der Waals surface area contributed by atoms with Gasteiger partial charge < -0.3 is 0 Å². The molecule has 0 unspecified atom stereocenters. The molecule has 11 rings (SSSR count). The third-order valence-electron chi connectivity index (χ3n) is 12.8. The Balaban J connectivity index is 1.13. The molecule has 0 bridgehead atoms. The summed E-state index contributed by atoms with van der Waals surface area (Å²) in [7, 11) is 0. The Labute approximate surface area is 322 Å². The first-order valence-electron chi connectivity index (χ1n) is 19.3. The van der Waals surface area contributed by atoms with Gasteiger partial charge in [0.25, 0.3) is 0 Å². The highest BCUT2D eigenvalue weighted by Crippen LogP contribution is 2.62. The van der Waals surface area contributed by atoms with Gasteiger partial charge in [-0.05, 0) is 78.9 Å². The lowest BCUT2D eigenvalue weighted by atomic mass is 9.55. The monoisotopic (exact) mass is 705 g/mol. The summed E-state index contributed by atoms with van der Waals surface area (Å²) in [6, 6.07) is 59.8. The van der Waals surface area contributed by atoms with E-state index in [1.807, 2.05) is 18.2 Å².